The van der Waals surface area contributed by atoms with Crippen LogP contribution in [0.4, 0.5) is 0 Å². The summed E-state index contributed by atoms with van der Waals surface area (Å²) in [5.74, 6) is -1.30. The average molecular weight is 421 g/mol. The smallest absolute Gasteiger partial charge is 0.338 e. The lowest BCUT2D eigenvalue weighted by atomic mass is 10.1. The van der Waals surface area contributed by atoms with E-state index in [-0.39, 0.29) is 11.6 Å². The Hall–Kier alpha value is -2.22. The molecule has 0 amide bonds. The molecule has 7 heteroatoms. The number of esters is 2. The van der Waals surface area contributed by atoms with Crippen molar-refractivity contribution in [3.05, 3.63) is 61.2 Å². The van der Waals surface area contributed by atoms with Crippen molar-refractivity contribution < 1.29 is 28.6 Å². The van der Waals surface area contributed by atoms with Crippen LogP contribution in [0.2, 0.25) is 18.1 Å². The van der Waals surface area contributed by atoms with E-state index in [1.54, 1.807) is 30.3 Å². The van der Waals surface area contributed by atoms with E-state index in [0.29, 0.717) is 5.56 Å². The average Bonchev–Trinajstić information content (AvgIpc) is 2.67. The summed E-state index contributed by atoms with van der Waals surface area (Å²) in [5, 5.41) is 10.5. The molecule has 1 N–H and O–H groups in total. The molecule has 0 spiro atoms. The third-order valence-electron chi connectivity index (χ3n) is 4.99. The molecule has 0 saturated heterocycles. The second-order valence-electron chi connectivity index (χ2n) is 8.22. The van der Waals surface area contributed by atoms with E-state index in [4.69, 9.17) is 13.9 Å². The summed E-state index contributed by atoms with van der Waals surface area (Å²) in [6.45, 7) is 17.1. The maximum absolute atomic E-state index is 12.1. The maximum atomic E-state index is 12.1. The topological polar surface area (TPSA) is 82.1 Å². The van der Waals surface area contributed by atoms with Crippen molar-refractivity contribution in [3.63, 3.8) is 0 Å². The third-order valence-corrected chi connectivity index (χ3v) is 9.46. The van der Waals surface area contributed by atoms with Crippen LogP contribution in [0.5, 0.6) is 0 Å². The van der Waals surface area contributed by atoms with Crippen LogP contribution in [0.15, 0.2) is 55.6 Å². The zero-order chi connectivity index (χ0) is 22.2. The number of aliphatic hydroxyl groups is 1. The second-order valence-corrected chi connectivity index (χ2v) is 13.0. The number of carbonyl (C=O) groups is 2. The van der Waals surface area contributed by atoms with Crippen LogP contribution >= 0.6 is 0 Å². The minimum atomic E-state index is -2.26. The fourth-order valence-electron chi connectivity index (χ4n) is 2.23. The van der Waals surface area contributed by atoms with Crippen molar-refractivity contribution in [1.82, 2.24) is 0 Å². The standard InChI is InChI=1S/C22H32O6Si/c1-8-18(28-29(6,7)22(3,4)5)20(27-19(24)9-2)17(23)15-26-21(25)16-13-11-10-12-14-16/h8-14,17-18,20,23H,1-2,15H2,3-7H3/t17-,18-,20-/m1/s1. The fourth-order valence-corrected chi connectivity index (χ4v) is 3.49. The molecular formula is C22H32O6Si. The van der Waals surface area contributed by atoms with Gasteiger partial charge in [-0.1, -0.05) is 51.6 Å². The Labute approximate surface area is 174 Å². The minimum absolute atomic E-state index is 0.105. The van der Waals surface area contributed by atoms with E-state index in [0.717, 1.165) is 6.08 Å². The van der Waals surface area contributed by atoms with Crippen LogP contribution in [0.3, 0.4) is 0 Å². The molecule has 1 aromatic carbocycles. The second kappa shape index (κ2) is 10.5. The van der Waals surface area contributed by atoms with Gasteiger partial charge in [-0.2, -0.15) is 0 Å². The van der Waals surface area contributed by atoms with Crippen LogP contribution in [0.25, 0.3) is 0 Å². The first-order valence-electron chi connectivity index (χ1n) is 9.46. The van der Waals surface area contributed by atoms with Gasteiger partial charge in [-0.25, -0.2) is 9.59 Å². The molecule has 6 nitrogen and oxygen atoms in total. The molecule has 0 aliphatic heterocycles. The van der Waals surface area contributed by atoms with E-state index in [1.807, 2.05) is 13.1 Å². The number of ether oxygens (including phenoxy) is 2. The molecule has 0 aromatic heterocycles. The first-order valence-corrected chi connectivity index (χ1v) is 12.4. The van der Waals surface area contributed by atoms with Gasteiger partial charge in [0.1, 0.15) is 18.8 Å². The summed E-state index contributed by atoms with van der Waals surface area (Å²) in [6.07, 6.45) is -0.688. The molecule has 29 heavy (non-hydrogen) atoms. The van der Waals surface area contributed by atoms with Crippen LogP contribution in [0, 0.1) is 0 Å². The lowest BCUT2D eigenvalue weighted by Gasteiger charge is -2.40. The SMILES string of the molecule is C=CC(=O)O[C@H]([C@H](O)COC(=O)c1ccccc1)[C@@H](C=C)O[Si](C)(C)C(C)(C)C. The van der Waals surface area contributed by atoms with Gasteiger partial charge in [-0.3, -0.25) is 0 Å². The van der Waals surface area contributed by atoms with Crippen molar-refractivity contribution in [2.75, 3.05) is 6.61 Å². The number of carbonyl (C=O) groups excluding carboxylic acids is 2. The summed E-state index contributed by atoms with van der Waals surface area (Å²) in [5.41, 5.74) is 0.358. The number of hydrogen-bond donors (Lipinski definition) is 1. The van der Waals surface area contributed by atoms with Crippen LogP contribution in [-0.2, 0) is 18.7 Å². The van der Waals surface area contributed by atoms with Gasteiger partial charge in [0.25, 0.3) is 0 Å². The molecule has 3 atom stereocenters. The summed E-state index contributed by atoms with van der Waals surface area (Å²) < 4.78 is 16.8. The predicted octanol–water partition coefficient (Wildman–Crippen LogP) is 3.88. The molecule has 1 rings (SSSR count). The molecule has 0 unspecified atom stereocenters. The molecule has 160 valence electrons. The van der Waals surface area contributed by atoms with Gasteiger partial charge in [0.15, 0.2) is 14.4 Å². The van der Waals surface area contributed by atoms with E-state index in [1.165, 1.54) is 6.08 Å². The Morgan fingerprint density at radius 2 is 1.76 bits per heavy atom. The van der Waals surface area contributed by atoms with E-state index in [2.05, 4.69) is 33.9 Å². The molecule has 0 aliphatic carbocycles. The van der Waals surface area contributed by atoms with Gasteiger partial charge in [0.05, 0.1) is 5.56 Å². The lowest BCUT2D eigenvalue weighted by Crippen LogP contribution is -2.51. The van der Waals surface area contributed by atoms with Crippen LogP contribution in [-0.4, -0.2) is 50.3 Å². The van der Waals surface area contributed by atoms with E-state index >= 15 is 0 Å². The summed E-state index contributed by atoms with van der Waals surface area (Å²) in [4.78, 5) is 24.0. The van der Waals surface area contributed by atoms with Gasteiger partial charge in [-0.05, 0) is 30.3 Å². The highest BCUT2D eigenvalue weighted by molar-refractivity contribution is 6.74. The van der Waals surface area contributed by atoms with Gasteiger partial charge in [-0.15, -0.1) is 6.58 Å². The van der Waals surface area contributed by atoms with Crippen LogP contribution < -0.4 is 0 Å². The molecule has 0 saturated carbocycles. The zero-order valence-corrected chi connectivity index (χ0v) is 18.9. The van der Waals surface area contributed by atoms with Crippen LogP contribution in [0.1, 0.15) is 31.1 Å². The van der Waals surface area contributed by atoms with Gasteiger partial charge in [0, 0.05) is 6.08 Å². The first-order chi connectivity index (χ1) is 13.4. The summed E-state index contributed by atoms with van der Waals surface area (Å²) in [7, 11) is -2.26. The molecule has 0 radical (unpaired) electrons. The van der Waals surface area contributed by atoms with Crippen molar-refractivity contribution in [2.24, 2.45) is 0 Å². The predicted molar refractivity (Wildman–Crippen MR) is 115 cm³/mol. The van der Waals surface area contributed by atoms with Crippen molar-refractivity contribution in [2.45, 2.75) is 57.2 Å². The Morgan fingerprint density at radius 3 is 2.24 bits per heavy atom. The molecule has 0 heterocycles. The van der Waals surface area contributed by atoms with Gasteiger partial charge < -0.3 is 19.0 Å². The highest BCUT2D eigenvalue weighted by atomic mass is 28.4. The fraction of sp³-hybridized carbons (Fsp3) is 0.455. The summed E-state index contributed by atoms with van der Waals surface area (Å²) in [6, 6.07) is 8.42. The number of hydrogen-bond acceptors (Lipinski definition) is 6. The molecular weight excluding hydrogens is 388 g/mol. The highest BCUT2D eigenvalue weighted by Gasteiger charge is 2.42. The largest absolute Gasteiger partial charge is 0.459 e. The minimum Gasteiger partial charge on any atom is -0.459 e. The summed E-state index contributed by atoms with van der Waals surface area (Å²) >= 11 is 0. The molecule has 0 aliphatic rings. The third kappa shape index (κ3) is 7.27. The van der Waals surface area contributed by atoms with E-state index < -0.39 is 38.6 Å². The van der Waals surface area contributed by atoms with Crippen molar-refractivity contribution >= 4 is 20.3 Å². The molecule has 1 aromatic rings. The van der Waals surface area contributed by atoms with Crippen molar-refractivity contribution in [1.29, 1.82) is 0 Å². The lowest BCUT2D eigenvalue weighted by molar-refractivity contribution is -0.157. The maximum Gasteiger partial charge on any atom is 0.338 e. The van der Waals surface area contributed by atoms with E-state index in [9.17, 15) is 14.7 Å². The van der Waals surface area contributed by atoms with Gasteiger partial charge >= 0.3 is 11.9 Å². The molecule has 0 fully saturated rings. The normalized spacial score (nSPS) is 15.0. The highest BCUT2D eigenvalue weighted by Crippen LogP contribution is 2.38. The number of aliphatic hydroxyl groups excluding tert-OH is 1. The molecule has 0 bridgehead atoms. The Bertz CT molecular complexity index is 708. The number of benzene rings is 1. The number of rotatable bonds is 10. The Kier molecular flexibility index (Phi) is 9.00. The Morgan fingerprint density at radius 1 is 1.17 bits per heavy atom. The monoisotopic (exact) mass is 420 g/mol. The first kappa shape index (κ1) is 24.8. The van der Waals surface area contributed by atoms with Crippen molar-refractivity contribution in [3.8, 4) is 0 Å². The quantitative estimate of drug-likeness (QED) is 0.268. The Balaban J connectivity index is 2.96. The van der Waals surface area contributed by atoms with Gasteiger partial charge in [0.2, 0.25) is 0 Å². The zero-order valence-electron chi connectivity index (χ0n) is 17.9.